The van der Waals surface area contributed by atoms with E-state index in [-0.39, 0.29) is 35.6 Å². The third-order valence-corrected chi connectivity index (χ3v) is 1.11. The zero-order valence-electron chi connectivity index (χ0n) is 6.04. The van der Waals surface area contributed by atoms with Gasteiger partial charge in [-0.1, -0.05) is 18.2 Å². The van der Waals surface area contributed by atoms with Crippen molar-refractivity contribution in [2.24, 2.45) is 0 Å². The molecule has 0 spiro atoms. The van der Waals surface area contributed by atoms with Crippen molar-refractivity contribution in [2.45, 2.75) is 6.92 Å². The zero-order chi connectivity index (χ0) is 6.53. The van der Waals surface area contributed by atoms with E-state index in [0.29, 0.717) is 0 Å². The second kappa shape index (κ2) is 5.90. The number of hydrogen-bond acceptors (Lipinski definition) is 0. The van der Waals surface area contributed by atoms with Crippen molar-refractivity contribution in [3.05, 3.63) is 42.0 Å². The molecule has 0 aliphatic heterocycles. The molecule has 1 aromatic carbocycles. The zero-order valence-corrected chi connectivity index (χ0v) is 9.67. The van der Waals surface area contributed by atoms with Gasteiger partial charge in [-0.05, 0) is 0 Å². The van der Waals surface area contributed by atoms with E-state index in [4.69, 9.17) is 0 Å². The second-order valence-corrected chi connectivity index (χ2v) is 1.84. The SMILES string of the molecule is C[C-]=Cc1ccccc1.[La]. The van der Waals surface area contributed by atoms with Crippen molar-refractivity contribution in [1.82, 2.24) is 0 Å². The minimum Gasteiger partial charge on any atom is -0.278 e. The maximum absolute atomic E-state index is 2.96. The van der Waals surface area contributed by atoms with Gasteiger partial charge in [-0.2, -0.15) is 5.56 Å². The predicted molar refractivity (Wildman–Crippen MR) is 39.8 cm³/mol. The fraction of sp³-hybridized carbons (Fsp3) is 0.111. The molecule has 0 aliphatic carbocycles. The van der Waals surface area contributed by atoms with Crippen LogP contribution in [0.4, 0.5) is 0 Å². The Hall–Kier alpha value is 0.155. The summed E-state index contributed by atoms with van der Waals surface area (Å²) in [6.45, 7) is 1.90. The van der Waals surface area contributed by atoms with Gasteiger partial charge in [0, 0.05) is 35.6 Å². The van der Waals surface area contributed by atoms with Gasteiger partial charge >= 0.3 is 0 Å². The van der Waals surface area contributed by atoms with E-state index in [1.807, 2.05) is 31.2 Å². The number of hydrogen-bond donors (Lipinski definition) is 0. The molecule has 0 saturated carbocycles. The molecule has 49 valence electrons. The molecule has 0 saturated heterocycles. The van der Waals surface area contributed by atoms with E-state index in [0.717, 1.165) is 0 Å². The monoisotopic (exact) mass is 256 g/mol. The molecule has 1 radical (unpaired) electrons. The molecule has 0 heterocycles. The van der Waals surface area contributed by atoms with Crippen molar-refractivity contribution in [3.8, 4) is 0 Å². The number of allylic oxidation sites excluding steroid dienone is 1. The van der Waals surface area contributed by atoms with Crippen LogP contribution in [0.3, 0.4) is 0 Å². The smallest absolute Gasteiger partial charge is 0 e. The van der Waals surface area contributed by atoms with Gasteiger partial charge in [0.25, 0.3) is 0 Å². The van der Waals surface area contributed by atoms with E-state index >= 15 is 0 Å². The Bertz CT molecular complexity index is 189. The van der Waals surface area contributed by atoms with Gasteiger partial charge < -0.3 is 0 Å². The Morgan fingerprint density at radius 3 is 2.30 bits per heavy atom. The first-order valence-corrected chi connectivity index (χ1v) is 2.99. The molecule has 0 aliphatic rings. The summed E-state index contributed by atoms with van der Waals surface area (Å²) in [4.78, 5) is 0. The maximum Gasteiger partial charge on any atom is 0 e. The third kappa shape index (κ3) is 3.35. The van der Waals surface area contributed by atoms with Gasteiger partial charge in [-0.3, -0.25) is 6.08 Å². The van der Waals surface area contributed by atoms with Crippen LogP contribution in [0.2, 0.25) is 0 Å². The van der Waals surface area contributed by atoms with Crippen LogP contribution < -0.4 is 0 Å². The molecule has 0 N–H and O–H groups in total. The van der Waals surface area contributed by atoms with E-state index in [2.05, 4.69) is 18.2 Å². The van der Waals surface area contributed by atoms with Crippen molar-refractivity contribution in [2.75, 3.05) is 0 Å². The summed E-state index contributed by atoms with van der Waals surface area (Å²) >= 11 is 0. The molecule has 0 bridgehead atoms. The third-order valence-electron chi connectivity index (χ3n) is 1.11. The van der Waals surface area contributed by atoms with E-state index in [1.165, 1.54) is 5.56 Å². The Kier molecular flexibility index (Phi) is 6.00. The minimum atomic E-state index is 0. The van der Waals surface area contributed by atoms with Gasteiger partial charge in [0.05, 0.1) is 0 Å². The molecule has 0 unspecified atom stereocenters. The average molecular weight is 256 g/mol. The summed E-state index contributed by atoms with van der Waals surface area (Å²) < 4.78 is 0. The van der Waals surface area contributed by atoms with Gasteiger partial charge in [0.1, 0.15) is 0 Å². The molecule has 0 atom stereocenters. The van der Waals surface area contributed by atoms with Crippen LogP contribution >= 0.6 is 0 Å². The molecular weight excluding hydrogens is 247 g/mol. The molecule has 0 aromatic heterocycles. The van der Waals surface area contributed by atoms with Crippen molar-refractivity contribution in [3.63, 3.8) is 0 Å². The van der Waals surface area contributed by atoms with Crippen molar-refractivity contribution >= 4 is 6.08 Å². The van der Waals surface area contributed by atoms with Gasteiger partial charge in [0.15, 0.2) is 0 Å². The van der Waals surface area contributed by atoms with Crippen LogP contribution in [-0.2, 0) is 0 Å². The molecule has 0 fully saturated rings. The molecule has 10 heavy (non-hydrogen) atoms. The van der Waals surface area contributed by atoms with Crippen LogP contribution in [0.15, 0.2) is 30.3 Å². The van der Waals surface area contributed by atoms with Gasteiger partial charge in [-0.15, -0.1) is 19.1 Å². The molecule has 1 heteroatoms. The standard InChI is InChI=1S/C9H9.La/c1-2-6-9-7-4-3-5-8-9;/h3-8H,1H3;/q-1;. The number of benzene rings is 1. The summed E-state index contributed by atoms with van der Waals surface area (Å²) in [6, 6.07) is 10.1. The number of rotatable bonds is 1. The maximum atomic E-state index is 2.96. The fourth-order valence-corrected chi connectivity index (χ4v) is 0.716. The van der Waals surface area contributed by atoms with Crippen LogP contribution in [0.25, 0.3) is 6.08 Å². The topological polar surface area (TPSA) is 0 Å². The molecule has 1 aromatic rings. The molecule has 0 nitrogen and oxygen atoms in total. The summed E-state index contributed by atoms with van der Waals surface area (Å²) in [5.74, 6) is 0. The van der Waals surface area contributed by atoms with Gasteiger partial charge in [-0.25, -0.2) is 6.08 Å². The van der Waals surface area contributed by atoms with Crippen LogP contribution in [-0.4, -0.2) is 0 Å². The first kappa shape index (κ1) is 10.2. The summed E-state index contributed by atoms with van der Waals surface area (Å²) in [7, 11) is 0. The van der Waals surface area contributed by atoms with Gasteiger partial charge in [0.2, 0.25) is 0 Å². The van der Waals surface area contributed by atoms with Crippen LogP contribution in [0.5, 0.6) is 0 Å². The van der Waals surface area contributed by atoms with Crippen molar-refractivity contribution in [1.29, 1.82) is 0 Å². The Labute approximate surface area is 89.9 Å². The quantitative estimate of drug-likeness (QED) is 0.677. The Morgan fingerprint density at radius 1 is 1.20 bits per heavy atom. The summed E-state index contributed by atoms with van der Waals surface area (Å²) in [5, 5.41) is 0. The largest absolute Gasteiger partial charge is 0.278 e. The van der Waals surface area contributed by atoms with E-state index in [1.54, 1.807) is 0 Å². The fourth-order valence-electron chi connectivity index (χ4n) is 0.716. The van der Waals surface area contributed by atoms with Crippen LogP contribution in [0.1, 0.15) is 12.5 Å². The van der Waals surface area contributed by atoms with Crippen LogP contribution in [0, 0.1) is 41.7 Å². The second-order valence-electron chi connectivity index (χ2n) is 1.84. The van der Waals surface area contributed by atoms with Crippen molar-refractivity contribution < 1.29 is 35.6 Å². The molecule has 0 amide bonds. The molecule has 1 rings (SSSR count). The summed E-state index contributed by atoms with van der Waals surface area (Å²) in [5.41, 5.74) is 1.21. The summed E-state index contributed by atoms with van der Waals surface area (Å²) in [6.07, 6.45) is 4.92. The first-order chi connectivity index (χ1) is 4.43. The first-order valence-electron chi connectivity index (χ1n) is 2.99. The predicted octanol–water partition coefficient (Wildman–Crippen LogP) is 2.52. The average Bonchev–Trinajstić information content (AvgIpc) is 1.91. The normalized spacial score (nSPS) is 9.30. The minimum absolute atomic E-state index is 0. The van der Waals surface area contributed by atoms with E-state index in [9.17, 15) is 0 Å². The molecular formula is C9H9La-. The Morgan fingerprint density at radius 2 is 1.80 bits per heavy atom. The Balaban J connectivity index is 0.000000810. The van der Waals surface area contributed by atoms with E-state index < -0.39 is 0 Å².